The minimum atomic E-state index is 0.498. The number of aromatic nitrogens is 4. The lowest BCUT2D eigenvalue weighted by molar-refractivity contribution is 0.436. The Balaban J connectivity index is 1.69. The maximum absolute atomic E-state index is 4.48. The molecule has 0 radical (unpaired) electrons. The molecule has 5 nitrogen and oxygen atoms in total. The fraction of sp³-hybridized carbons (Fsp3) is 0.643. The van der Waals surface area contributed by atoms with Gasteiger partial charge in [-0.15, -0.1) is 21.5 Å². The van der Waals surface area contributed by atoms with Gasteiger partial charge in [-0.05, 0) is 33.2 Å². The average molecular weight is 323 g/mol. The topological polar surface area (TPSA) is 55.6 Å². The summed E-state index contributed by atoms with van der Waals surface area (Å²) in [5, 5.41) is 14.4. The Morgan fingerprint density at radius 3 is 2.90 bits per heavy atom. The molecule has 1 aliphatic heterocycles. The van der Waals surface area contributed by atoms with Gasteiger partial charge in [0.25, 0.3) is 0 Å². The monoisotopic (exact) mass is 323 g/mol. The SMILES string of the molecule is Cc1nc(C)c(CSc2nnc([C@@H]3CCCNC3)n2C)s1. The van der Waals surface area contributed by atoms with Crippen LogP contribution in [0.3, 0.4) is 0 Å². The summed E-state index contributed by atoms with van der Waals surface area (Å²) in [7, 11) is 2.08. The predicted molar refractivity (Wildman–Crippen MR) is 87.0 cm³/mol. The molecule has 1 saturated heterocycles. The van der Waals surface area contributed by atoms with Crippen LogP contribution in [0.25, 0.3) is 0 Å². The summed E-state index contributed by atoms with van der Waals surface area (Å²) < 4.78 is 2.16. The maximum atomic E-state index is 4.48. The summed E-state index contributed by atoms with van der Waals surface area (Å²) in [5.41, 5.74) is 1.14. The Morgan fingerprint density at radius 1 is 1.38 bits per heavy atom. The third-order valence-electron chi connectivity index (χ3n) is 3.86. The molecule has 0 unspecified atom stereocenters. The smallest absolute Gasteiger partial charge is 0.191 e. The highest BCUT2D eigenvalue weighted by Gasteiger charge is 2.21. The van der Waals surface area contributed by atoms with E-state index in [1.807, 2.05) is 0 Å². The number of thiazole rings is 1. The summed E-state index contributed by atoms with van der Waals surface area (Å²) in [6.07, 6.45) is 2.43. The highest BCUT2D eigenvalue weighted by molar-refractivity contribution is 7.98. The molecule has 0 bridgehead atoms. The molecule has 0 aromatic carbocycles. The molecular weight excluding hydrogens is 302 g/mol. The van der Waals surface area contributed by atoms with Crippen LogP contribution in [0.15, 0.2) is 5.16 Å². The minimum Gasteiger partial charge on any atom is -0.316 e. The first-order chi connectivity index (χ1) is 10.1. The number of nitrogens with one attached hydrogen (secondary N) is 1. The Hall–Kier alpha value is -0.920. The van der Waals surface area contributed by atoms with E-state index in [4.69, 9.17) is 0 Å². The van der Waals surface area contributed by atoms with Crippen molar-refractivity contribution >= 4 is 23.1 Å². The highest BCUT2D eigenvalue weighted by atomic mass is 32.2. The Morgan fingerprint density at radius 2 is 2.24 bits per heavy atom. The zero-order valence-corrected chi connectivity index (χ0v) is 14.4. The van der Waals surface area contributed by atoms with Gasteiger partial charge in [0.2, 0.25) is 0 Å². The van der Waals surface area contributed by atoms with Crippen LogP contribution in [0, 0.1) is 13.8 Å². The molecule has 0 aliphatic carbocycles. The van der Waals surface area contributed by atoms with Gasteiger partial charge in [0.1, 0.15) is 5.82 Å². The van der Waals surface area contributed by atoms with Gasteiger partial charge in [0.05, 0.1) is 10.7 Å². The normalized spacial score (nSPS) is 19.1. The first kappa shape index (κ1) is 15.0. The van der Waals surface area contributed by atoms with Crippen LogP contribution in [0.4, 0.5) is 0 Å². The second-order valence-corrected chi connectivity index (χ2v) is 7.70. The van der Waals surface area contributed by atoms with Crippen molar-refractivity contribution in [3.8, 4) is 0 Å². The lowest BCUT2D eigenvalue weighted by Crippen LogP contribution is -2.29. The van der Waals surface area contributed by atoms with Crippen molar-refractivity contribution in [3.63, 3.8) is 0 Å². The number of thioether (sulfide) groups is 1. The number of rotatable bonds is 4. The van der Waals surface area contributed by atoms with Gasteiger partial charge in [0, 0.05) is 30.1 Å². The molecule has 3 heterocycles. The summed E-state index contributed by atoms with van der Waals surface area (Å²) >= 11 is 3.53. The van der Waals surface area contributed by atoms with Gasteiger partial charge in [-0.3, -0.25) is 0 Å². The van der Waals surface area contributed by atoms with Crippen LogP contribution in [-0.2, 0) is 12.8 Å². The van der Waals surface area contributed by atoms with Crippen LogP contribution in [-0.4, -0.2) is 32.8 Å². The van der Waals surface area contributed by atoms with E-state index in [0.717, 1.165) is 40.5 Å². The molecule has 7 heteroatoms. The zero-order valence-electron chi connectivity index (χ0n) is 12.7. The van der Waals surface area contributed by atoms with Gasteiger partial charge in [-0.25, -0.2) is 4.98 Å². The van der Waals surface area contributed by atoms with E-state index in [9.17, 15) is 0 Å². The van der Waals surface area contributed by atoms with Crippen LogP contribution in [0.2, 0.25) is 0 Å². The van der Waals surface area contributed by atoms with E-state index in [0.29, 0.717) is 5.92 Å². The van der Waals surface area contributed by atoms with Gasteiger partial charge < -0.3 is 9.88 Å². The van der Waals surface area contributed by atoms with Crippen molar-refractivity contribution in [3.05, 3.63) is 21.4 Å². The quantitative estimate of drug-likeness (QED) is 0.877. The number of nitrogens with zero attached hydrogens (tertiary/aromatic N) is 4. The van der Waals surface area contributed by atoms with Crippen molar-refractivity contribution in [1.82, 2.24) is 25.1 Å². The minimum absolute atomic E-state index is 0.498. The lowest BCUT2D eigenvalue weighted by Gasteiger charge is -2.21. The van der Waals surface area contributed by atoms with Crippen LogP contribution in [0.5, 0.6) is 0 Å². The first-order valence-electron chi connectivity index (χ1n) is 7.31. The predicted octanol–water partition coefficient (Wildman–Crippen LogP) is 2.65. The summed E-state index contributed by atoms with van der Waals surface area (Å²) in [6, 6.07) is 0. The number of piperidine rings is 1. The van der Waals surface area contributed by atoms with Crippen LogP contribution < -0.4 is 5.32 Å². The summed E-state index contributed by atoms with van der Waals surface area (Å²) in [5.74, 6) is 2.53. The van der Waals surface area contributed by atoms with E-state index in [-0.39, 0.29) is 0 Å². The van der Waals surface area contributed by atoms with E-state index < -0.39 is 0 Å². The summed E-state index contributed by atoms with van der Waals surface area (Å²) in [4.78, 5) is 5.81. The van der Waals surface area contributed by atoms with Crippen LogP contribution in [0.1, 0.15) is 40.2 Å². The average Bonchev–Trinajstić information content (AvgIpc) is 3.00. The largest absolute Gasteiger partial charge is 0.316 e. The fourth-order valence-corrected chi connectivity index (χ4v) is 4.72. The van der Waals surface area contributed by atoms with Crippen LogP contribution >= 0.6 is 23.1 Å². The highest BCUT2D eigenvalue weighted by Crippen LogP contribution is 2.29. The molecule has 1 aliphatic rings. The van der Waals surface area contributed by atoms with Crippen molar-refractivity contribution in [2.75, 3.05) is 13.1 Å². The molecule has 114 valence electrons. The van der Waals surface area contributed by atoms with Crippen molar-refractivity contribution in [1.29, 1.82) is 0 Å². The lowest BCUT2D eigenvalue weighted by atomic mass is 9.99. The number of aryl methyl sites for hydroxylation is 2. The van der Waals surface area contributed by atoms with Gasteiger partial charge in [-0.2, -0.15) is 0 Å². The van der Waals surface area contributed by atoms with Crippen molar-refractivity contribution < 1.29 is 0 Å². The van der Waals surface area contributed by atoms with Gasteiger partial charge in [0.15, 0.2) is 5.16 Å². The van der Waals surface area contributed by atoms with E-state index in [1.54, 1.807) is 23.1 Å². The third kappa shape index (κ3) is 3.30. The molecule has 2 aromatic heterocycles. The van der Waals surface area contributed by atoms with Crippen molar-refractivity contribution in [2.45, 2.75) is 43.5 Å². The Bertz CT molecular complexity index is 613. The second-order valence-electron chi connectivity index (χ2n) is 5.47. The number of hydrogen-bond acceptors (Lipinski definition) is 6. The molecule has 21 heavy (non-hydrogen) atoms. The van der Waals surface area contributed by atoms with E-state index >= 15 is 0 Å². The molecule has 1 fully saturated rings. The Labute approximate surface area is 133 Å². The molecule has 0 amide bonds. The van der Waals surface area contributed by atoms with E-state index in [2.05, 4.69) is 46.0 Å². The first-order valence-corrected chi connectivity index (χ1v) is 9.11. The molecule has 2 aromatic rings. The van der Waals surface area contributed by atoms with Gasteiger partial charge >= 0.3 is 0 Å². The van der Waals surface area contributed by atoms with E-state index in [1.165, 1.54) is 17.7 Å². The molecule has 3 rings (SSSR count). The molecule has 1 N–H and O–H groups in total. The second kappa shape index (κ2) is 6.46. The van der Waals surface area contributed by atoms with Crippen molar-refractivity contribution in [2.24, 2.45) is 7.05 Å². The molecule has 0 saturated carbocycles. The number of hydrogen-bond donors (Lipinski definition) is 1. The fourth-order valence-electron chi connectivity index (χ4n) is 2.72. The third-order valence-corrected chi connectivity index (χ3v) is 6.16. The molecule has 0 spiro atoms. The maximum Gasteiger partial charge on any atom is 0.191 e. The molecule has 1 atom stereocenters. The zero-order chi connectivity index (χ0) is 14.8. The molecular formula is C14H21N5S2. The standard InChI is InChI=1S/C14H21N5S2/c1-9-12(21-10(2)16-9)8-20-14-18-17-13(19(14)3)11-5-4-6-15-7-11/h11,15H,4-8H2,1-3H3/t11-/m1/s1. The van der Waals surface area contributed by atoms with Gasteiger partial charge in [-0.1, -0.05) is 11.8 Å². The Kier molecular flexibility index (Phi) is 4.61. The summed E-state index contributed by atoms with van der Waals surface area (Å²) in [6.45, 7) is 6.28.